The molecule has 3 rings (SSSR count). The molecule has 0 unspecified atom stereocenters. The fraction of sp³-hybridized carbons (Fsp3) is 0.583. The number of amides is 1. The molecular weight excluding hydrogens is 230 g/mol. The van der Waals surface area contributed by atoms with E-state index in [4.69, 9.17) is 5.73 Å². The lowest BCUT2D eigenvalue weighted by molar-refractivity contribution is 0.0890. The first kappa shape index (κ1) is 11.3. The Bertz CT molecular complexity index is 479. The molecule has 0 aromatic carbocycles. The van der Waals surface area contributed by atoms with Gasteiger partial charge in [-0.25, -0.2) is 4.98 Å². The molecule has 6 heteroatoms. The van der Waals surface area contributed by atoms with E-state index in [0.29, 0.717) is 11.4 Å². The Morgan fingerprint density at radius 2 is 1.89 bits per heavy atom. The number of nitrogen functional groups attached to an aromatic ring is 1. The molecule has 1 aromatic heterocycles. The van der Waals surface area contributed by atoms with Crippen LogP contribution in [0.25, 0.3) is 0 Å². The summed E-state index contributed by atoms with van der Waals surface area (Å²) < 4.78 is 0. The van der Waals surface area contributed by atoms with Crippen LogP contribution in [0.1, 0.15) is 48.9 Å². The van der Waals surface area contributed by atoms with Gasteiger partial charge >= 0.3 is 0 Å². The van der Waals surface area contributed by atoms with Gasteiger partial charge in [-0.2, -0.15) is 4.98 Å². The molecule has 1 aliphatic heterocycles. The Kier molecular flexibility index (Phi) is 2.57. The van der Waals surface area contributed by atoms with Crippen LogP contribution >= 0.6 is 0 Å². The van der Waals surface area contributed by atoms with E-state index in [9.17, 15) is 4.79 Å². The number of hydrogen-bond donors (Lipinski definition) is 3. The van der Waals surface area contributed by atoms with E-state index in [1.165, 1.54) is 19.0 Å². The molecule has 1 amide bonds. The average molecular weight is 247 g/mol. The lowest BCUT2D eigenvalue weighted by Gasteiger charge is -2.39. The van der Waals surface area contributed by atoms with Crippen molar-refractivity contribution in [2.24, 2.45) is 0 Å². The Hall–Kier alpha value is -1.85. The standard InChI is InChI=1S/C12H17N5O/c13-11-14-7-8-9(15-11)16-12(17-10(8)18)5-3-1-2-4-6-12/h7H,1-6H2,(H,17,18)(H3,13,14,15,16). The van der Waals surface area contributed by atoms with Crippen molar-refractivity contribution in [3.8, 4) is 0 Å². The van der Waals surface area contributed by atoms with E-state index in [1.54, 1.807) is 0 Å². The maximum absolute atomic E-state index is 12.1. The second-order valence-corrected chi connectivity index (χ2v) is 5.07. The van der Waals surface area contributed by atoms with Crippen molar-refractivity contribution in [3.05, 3.63) is 11.8 Å². The highest BCUT2D eigenvalue weighted by Crippen LogP contribution is 2.32. The predicted octanol–water partition coefficient (Wildman–Crippen LogP) is 1.26. The van der Waals surface area contributed by atoms with Crippen molar-refractivity contribution in [2.75, 3.05) is 11.1 Å². The highest BCUT2D eigenvalue weighted by molar-refractivity contribution is 6.01. The van der Waals surface area contributed by atoms with Crippen LogP contribution in [0.3, 0.4) is 0 Å². The van der Waals surface area contributed by atoms with E-state index in [-0.39, 0.29) is 17.5 Å². The topological polar surface area (TPSA) is 92.9 Å². The minimum absolute atomic E-state index is 0.106. The summed E-state index contributed by atoms with van der Waals surface area (Å²) in [5, 5.41) is 6.44. The number of hydrogen-bond acceptors (Lipinski definition) is 5. The summed E-state index contributed by atoms with van der Waals surface area (Å²) in [6.45, 7) is 0. The summed E-state index contributed by atoms with van der Waals surface area (Å²) in [6.07, 6.45) is 8.01. The first-order valence-corrected chi connectivity index (χ1v) is 6.42. The van der Waals surface area contributed by atoms with Gasteiger partial charge in [-0.1, -0.05) is 12.8 Å². The molecule has 96 valence electrons. The van der Waals surface area contributed by atoms with Gasteiger partial charge in [0.2, 0.25) is 5.95 Å². The molecule has 1 spiro atoms. The summed E-state index contributed by atoms with van der Waals surface area (Å²) >= 11 is 0. The van der Waals surface area contributed by atoms with Crippen LogP contribution in [0.15, 0.2) is 6.20 Å². The highest BCUT2D eigenvalue weighted by atomic mass is 16.2. The molecule has 1 fully saturated rings. The van der Waals surface area contributed by atoms with Gasteiger partial charge in [-0.05, 0) is 25.7 Å². The summed E-state index contributed by atoms with van der Waals surface area (Å²) in [5.41, 5.74) is 5.71. The van der Waals surface area contributed by atoms with Crippen molar-refractivity contribution in [2.45, 2.75) is 44.2 Å². The number of nitrogens with one attached hydrogen (secondary N) is 2. The van der Waals surface area contributed by atoms with Crippen LogP contribution in [0.4, 0.5) is 11.8 Å². The van der Waals surface area contributed by atoms with Gasteiger partial charge < -0.3 is 16.4 Å². The normalized spacial score (nSPS) is 21.7. The van der Waals surface area contributed by atoms with Gasteiger partial charge in [-0.3, -0.25) is 4.79 Å². The zero-order valence-corrected chi connectivity index (χ0v) is 10.2. The van der Waals surface area contributed by atoms with Crippen LogP contribution in [-0.4, -0.2) is 21.5 Å². The van der Waals surface area contributed by atoms with E-state index >= 15 is 0 Å². The third-order valence-corrected chi connectivity index (χ3v) is 3.72. The predicted molar refractivity (Wildman–Crippen MR) is 68.0 cm³/mol. The maximum atomic E-state index is 12.1. The summed E-state index contributed by atoms with van der Waals surface area (Å²) in [6, 6.07) is 0. The fourth-order valence-corrected chi connectivity index (χ4v) is 2.78. The number of nitrogens with zero attached hydrogens (tertiary/aromatic N) is 2. The Morgan fingerprint density at radius 1 is 1.17 bits per heavy atom. The van der Waals surface area contributed by atoms with Gasteiger partial charge in [0.1, 0.15) is 17.0 Å². The number of aromatic nitrogens is 2. The van der Waals surface area contributed by atoms with Crippen LogP contribution in [0, 0.1) is 0 Å². The molecular formula is C12H17N5O. The monoisotopic (exact) mass is 247 g/mol. The van der Waals surface area contributed by atoms with Crippen molar-refractivity contribution >= 4 is 17.7 Å². The lowest BCUT2D eigenvalue weighted by Crippen LogP contribution is -2.57. The van der Waals surface area contributed by atoms with Gasteiger partial charge in [0.15, 0.2) is 0 Å². The largest absolute Gasteiger partial charge is 0.368 e. The van der Waals surface area contributed by atoms with E-state index in [2.05, 4.69) is 20.6 Å². The zero-order chi connectivity index (χ0) is 12.6. The summed E-state index contributed by atoms with van der Waals surface area (Å²) in [4.78, 5) is 20.1. The number of fused-ring (bicyclic) bond motifs is 1. The first-order chi connectivity index (χ1) is 8.69. The third-order valence-electron chi connectivity index (χ3n) is 3.72. The molecule has 0 saturated heterocycles. The van der Waals surface area contributed by atoms with E-state index in [0.717, 1.165) is 25.7 Å². The summed E-state index contributed by atoms with van der Waals surface area (Å²) in [5.74, 6) is 0.651. The number of nitrogens with two attached hydrogens (primary N) is 1. The zero-order valence-electron chi connectivity index (χ0n) is 10.2. The first-order valence-electron chi connectivity index (χ1n) is 6.42. The van der Waals surface area contributed by atoms with Crippen molar-refractivity contribution in [1.82, 2.24) is 15.3 Å². The molecule has 6 nitrogen and oxygen atoms in total. The number of carbonyl (C=O) groups excluding carboxylic acids is 1. The minimum atomic E-state index is -0.346. The van der Waals surface area contributed by atoms with Crippen LogP contribution < -0.4 is 16.4 Å². The van der Waals surface area contributed by atoms with Crippen molar-refractivity contribution in [1.29, 1.82) is 0 Å². The molecule has 0 atom stereocenters. The number of anilines is 2. The Balaban J connectivity index is 1.96. The second kappa shape index (κ2) is 4.12. The lowest BCUT2D eigenvalue weighted by atomic mass is 9.97. The van der Waals surface area contributed by atoms with Crippen molar-refractivity contribution < 1.29 is 4.79 Å². The van der Waals surface area contributed by atoms with Gasteiger partial charge in [0.05, 0.1) is 0 Å². The van der Waals surface area contributed by atoms with E-state index in [1.807, 2.05) is 0 Å². The van der Waals surface area contributed by atoms with Gasteiger partial charge in [0, 0.05) is 6.20 Å². The molecule has 0 radical (unpaired) electrons. The molecule has 1 aliphatic carbocycles. The molecule has 1 saturated carbocycles. The minimum Gasteiger partial charge on any atom is -0.368 e. The molecule has 2 aliphatic rings. The number of rotatable bonds is 0. The highest BCUT2D eigenvalue weighted by Gasteiger charge is 2.38. The van der Waals surface area contributed by atoms with Crippen molar-refractivity contribution in [3.63, 3.8) is 0 Å². The number of carbonyl (C=O) groups is 1. The Labute approximate surface area is 105 Å². The molecule has 2 heterocycles. The van der Waals surface area contributed by atoms with Gasteiger partial charge in [0.25, 0.3) is 5.91 Å². The van der Waals surface area contributed by atoms with Crippen LogP contribution in [-0.2, 0) is 0 Å². The fourth-order valence-electron chi connectivity index (χ4n) is 2.78. The Morgan fingerprint density at radius 3 is 2.61 bits per heavy atom. The van der Waals surface area contributed by atoms with Crippen LogP contribution in [0.5, 0.6) is 0 Å². The summed E-state index contributed by atoms with van der Waals surface area (Å²) in [7, 11) is 0. The maximum Gasteiger partial charge on any atom is 0.258 e. The smallest absolute Gasteiger partial charge is 0.258 e. The quantitative estimate of drug-likeness (QED) is 0.642. The second-order valence-electron chi connectivity index (χ2n) is 5.07. The van der Waals surface area contributed by atoms with E-state index < -0.39 is 0 Å². The molecule has 18 heavy (non-hydrogen) atoms. The average Bonchev–Trinajstić information content (AvgIpc) is 2.54. The molecule has 4 N–H and O–H groups in total. The molecule has 1 aromatic rings. The third kappa shape index (κ3) is 1.87. The SMILES string of the molecule is Nc1ncc2c(n1)NC1(CCCCCC1)NC2=O. The van der Waals surface area contributed by atoms with Gasteiger partial charge in [-0.15, -0.1) is 0 Å². The van der Waals surface area contributed by atoms with Crippen LogP contribution in [0.2, 0.25) is 0 Å². The molecule has 0 bridgehead atoms.